The molecule has 1 heterocycles. The maximum absolute atomic E-state index is 12.2. The number of aryl methyl sites for hydroxylation is 2. The first-order valence-corrected chi connectivity index (χ1v) is 11.5. The number of amides is 1. The summed E-state index contributed by atoms with van der Waals surface area (Å²) in [5.74, 6) is 1.26. The SMILES string of the molecule is Cc1csc(CCCNC(=NCC(=O)NC(C)(C)C)Nc2ccc(OC(C)C)cc2)n1.I. The van der Waals surface area contributed by atoms with Gasteiger partial charge in [0.05, 0.1) is 11.1 Å². The third-order valence-corrected chi connectivity index (χ3v) is 4.94. The number of hydrogen-bond donors (Lipinski definition) is 3. The smallest absolute Gasteiger partial charge is 0.242 e. The summed E-state index contributed by atoms with van der Waals surface area (Å²) in [5, 5.41) is 12.7. The maximum atomic E-state index is 12.2. The zero-order valence-corrected chi connectivity index (χ0v) is 23.0. The molecule has 2 rings (SSSR count). The standard InChI is InChI=1S/C23H35N5O2S.HI/c1-16(2)30-19-11-9-18(10-12-19)27-22(25-14-20(29)28-23(4,5)6)24-13-7-8-21-26-17(3)15-31-21;/h9-12,15-16H,7-8,13-14H2,1-6H3,(H,28,29)(H2,24,25,27);1H. The number of ether oxygens (including phenoxy) is 1. The number of carbonyl (C=O) groups is 1. The van der Waals surface area contributed by atoms with Gasteiger partial charge in [-0.25, -0.2) is 9.98 Å². The van der Waals surface area contributed by atoms with E-state index in [4.69, 9.17) is 4.74 Å². The van der Waals surface area contributed by atoms with Crippen molar-refractivity contribution in [2.45, 2.75) is 66.0 Å². The first kappa shape index (κ1) is 28.2. The minimum atomic E-state index is -0.286. The predicted molar refractivity (Wildman–Crippen MR) is 145 cm³/mol. The summed E-state index contributed by atoms with van der Waals surface area (Å²) in [4.78, 5) is 21.1. The lowest BCUT2D eigenvalue weighted by atomic mass is 10.1. The highest BCUT2D eigenvalue weighted by Crippen LogP contribution is 2.17. The lowest BCUT2D eigenvalue weighted by molar-refractivity contribution is -0.121. The van der Waals surface area contributed by atoms with Crippen molar-refractivity contribution in [3.05, 3.63) is 40.3 Å². The molecule has 0 spiro atoms. The zero-order valence-electron chi connectivity index (χ0n) is 19.8. The highest BCUT2D eigenvalue weighted by molar-refractivity contribution is 14.0. The summed E-state index contributed by atoms with van der Waals surface area (Å²) in [5.41, 5.74) is 1.65. The van der Waals surface area contributed by atoms with E-state index in [1.54, 1.807) is 11.3 Å². The number of aromatic nitrogens is 1. The van der Waals surface area contributed by atoms with Crippen molar-refractivity contribution in [3.63, 3.8) is 0 Å². The number of thiazole rings is 1. The molecule has 1 aromatic heterocycles. The molecular formula is C23H36IN5O2S. The Balaban J connectivity index is 0.00000512. The Kier molecular flexibility index (Phi) is 12.0. The summed E-state index contributed by atoms with van der Waals surface area (Å²) in [6, 6.07) is 7.69. The molecule has 0 saturated carbocycles. The minimum absolute atomic E-state index is 0. The van der Waals surface area contributed by atoms with E-state index >= 15 is 0 Å². The second kappa shape index (κ2) is 13.6. The summed E-state index contributed by atoms with van der Waals surface area (Å²) >= 11 is 1.69. The van der Waals surface area contributed by atoms with Crippen LogP contribution in [0.5, 0.6) is 5.75 Å². The third kappa shape index (κ3) is 11.7. The molecule has 1 aromatic carbocycles. The average molecular weight is 574 g/mol. The molecule has 0 fully saturated rings. The van der Waals surface area contributed by atoms with Crippen molar-refractivity contribution in [2.75, 3.05) is 18.4 Å². The Morgan fingerprint density at radius 2 is 1.91 bits per heavy atom. The van der Waals surface area contributed by atoms with Gasteiger partial charge in [-0.05, 0) is 72.2 Å². The van der Waals surface area contributed by atoms with Crippen LogP contribution < -0.4 is 20.7 Å². The zero-order chi connectivity index (χ0) is 22.9. The van der Waals surface area contributed by atoms with Crippen LogP contribution in [0.1, 0.15) is 51.7 Å². The van der Waals surface area contributed by atoms with Gasteiger partial charge in [0.1, 0.15) is 12.3 Å². The molecule has 0 bridgehead atoms. The molecule has 7 nitrogen and oxygen atoms in total. The van der Waals surface area contributed by atoms with Gasteiger partial charge in [0.2, 0.25) is 5.91 Å². The molecular weight excluding hydrogens is 537 g/mol. The van der Waals surface area contributed by atoms with Crippen molar-refractivity contribution in [1.82, 2.24) is 15.6 Å². The minimum Gasteiger partial charge on any atom is -0.491 e. The fourth-order valence-corrected chi connectivity index (χ4v) is 3.56. The van der Waals surface area contributed by atoms with E-state index in [1.165, 1.54) is 0 Å². The van der Waals surface area contributed by atoms with Crippen LogP contribution in [0.25, 0.3) is 0 Å². The van der Waals surface area contributed by atoms with E-state index in [-0.39, 0.29) is 48.1 Å². The number of carbonyl (C=O) groups excluding carboxylic acids is 1. The van der Waals surface area contributed by atoms with Gasteiger partial charge < -0.3 is 20.7 Å². The number of nitrogens with zero attached hydrogens (tertiary/aromatic N) is 2. The molecule has 0 aliphatic carbocycles. The number of hydrogen-bond acceptors (Lipinski definition) is 5. The van der Waals surface area contributed by atoms with Gasteiger partial charge in [-0.15, -0.1) is 35.3 Å². The quantitative estimate of drug-likeness (QED) is 0.174. The fourth-order valence-electron chi connectivity index (χ4n) is 2.74. The summed E-state index contributed by atoms with van der Waals surface area (Å²) in [6.07, 6.45) is 1.95. The van der Waals surface area contributed by atoms with Crippen LogP contribution in [-0.2, 0) is 11.2 Å². The molecule has 0 saturated heterocycles. The largest absolute Gasteiger partial charge is 0.491 e. The van der Waals surface area contributed by atoms with Crippen molar-refractivity contribution in [1.29, 1.82) is 0 Å². The second-order valence-electron chi connectivity index (χ2n) is 8.69. The molecule has 32 heavy (non-hydrogen) atoms. The Hall–Kier alpha value is -1.88. The average Bonchev–Trinajstić information content (AvgIpc) is 3.08. The van der Waals surface area contributed by atoms with Gasteiger partial charge in [-0.2, -0.15) is 0 Å². The fraction of sp³-hybridized carbons (Fsp3) is 0.522. The monoisotopic (exact) mass is 573 g/mol. The highest BCUT2D eigenvalue weighted by Gasteiger charge is 2.13. The maximum Gasteiger partial charge on any atom is 0.242 e. The molecule has 2 aromatic rings. The number of nitrogens with one attached hydrogen (secondary N) is 3. The summed E-state index contributed by atoms with van der Waals surface area (Å²) in [7, 11) is 0. The Morgan fingerprint density at radius 3 is 2.47 bits per heavy atom. The van der Waals surface area contributed by atoms with Crippen LogP contribution in [0, 0.1) is 6.92 Å². The van der Waals surface area contributed by atoms with E-state index in [9.17, 15) is 4.79 Å². The molecule has 0 atom stereocenters. The van der Waals surface area contributed by atoms with Crippen molar-refractivity contribution in [3.8, 4) is 5.75 Å². The summed E-state index contributed by atoms with van der Waals surface area (Å²) < 4.78 is 5.69. The number of guanidine groups is 1. The first-order valence-electron chi connectivity index (χ1n) is 10.6. The Morgan fingerprint density at radius 1 is 1.22 bits per heavy atom. The van der Waals surface area contributed by atoms with Crippen LogP contribution in [-0.4, -0.2) is 41.6 Å². The lowest BCUT2D eigenvalue weighted by Crippen LogP contribution is -2.42. The van der Waals surface area contributed by atoms with Gasteiger partial charge >= 0.3 is 0 Å². The molecule has 9 heteroatoms. The molecule has 0 unspecified atom stereocenters. The van der Waals surface area contributed by atoms with Gasteiger partial charge in [0, 0.05) is 35.3 Å². The number of anilines is 1. The van der Waals surface area contributed by atoms with Crippen LogP contribution in [0.3, 0.4) is 0 Å². The Labute approximate surface area is 212 Å². The third-order valence-electron chi connectivity index (χ3n) is 3.91. The molecule has 1 amide bonds. The number of benzene rings is 1. The van der Waals surface area contributed by atoms with Crippen molar-refractivity contribution >= 4 is 52.9 Å². The van der Waals surface area contributed by atoms with Crippen LogP contribution in [0.2, 0.25) is 0 Å². The van der Waals surface area contributed by atoms with Gasteiger partial charge in [0.15, 0.2) is 5.96 Å². The van der Waals surface area contributed by atoms with E-state index in [0.29, 0.717) is 5.96 Å². The molecule has 0 radical (unpaired) electrons. The molecule has 0 aliphatic rings. The van der Waals surface area contributed by atoms with Crippen LogP contribution >= 0.6 is 35.3 Å². The van der Waals surface area contributed by atoms with Gasteiger partial charge in [0.25, 0.3) is 0 Å². The normalized spacial score (nSPS) is 11.7. The molecule has 0 aliphatic heterocycles. The highest BCUT2D eigenvalue weighted by atomic mass is 127. The topological polar surface area (TPSA) is 87.6 Å². The van der Waals surface area contributed by atoms with Gasteiger partial charge in [-0.3, -0.25) is 4.79 Å². The van der Waals surface area contributed by atoms with E-state index in [0.717, 1.165) is 41.5 Å². The van der Waals surface area contributed by atoms with E-state index in [2.05, 4.69) is 31.3 Å². The van der Waals surface area contributed by atoms with E-state index in [1.807, 2.05) is 65.8 Å². The molecule has 178 valence electrons. The molecule has 3 N–H and O–H groups in total. The van der Waals surface area contributed by atoms with Gasteiger partial charge in [-0.1, -0.05) is 0 Å². The van der Waals surface area contributed by atoms with Crippen LogP contribution in [0.4, 0.5) is 5.69 Å². The first-order chi connectivity index (χ1) is 14.6. The van der Waals surface area contributed by atoms with Crippen molar-refractivity contribution in [2.24, 2.45) is 4.99 Å². The second-order valence-corrected chi connectivity index (χ2v) is 9.63. The number of aliphatic imine (C=N–C) groups is 1. The number of halogens is 1. The number of rotatable bonds is 9. The predicted octanol–water partition coefficient (Wildman–Crippen LogP) is 4.76. The Bertz CT molecular complexity index is 860. The van der Waals surface area contributed by atoms with E-state index < -0.39 is 0 Å². The summed E-state index contributed by atoms with van der Waals surface area (Å²) in [6.45, 7) is 12.6. The van der Waals surface area contributed by atoms with Crippen LogP contribution in [0.15, 0.2) is 34.6 Å². The lowest BCUT2D eigenvalue weighted by Gasteiger charge is -2.20. The van der Waals surface area contributed by atoms with Crippen molar-refractivity contribution < 1.29 is 9.53 Å².